The summed E-state index contributed by atoms with van der Waals surface area (Å²) in [5, 5.41) is 23.4. The van der Waals surface area contributed by atoms with Gasteiger partial charge < -0.3 is 19.8 Å². The second-order valence-corrected chi connectivity index (χ2v) is 15.2. The molecule has 4 aliphatic heterocycles. The van der Waals surface area contributed by atoms with Crippen molar-refractivity contribution in [2.45, 2.75) is 59.0 Å². The zero-order chi connectivity index (χ0) is 43.2. The molecule has 6 aromatic rings. The Morgan fingerprint density at radius 3 is 1.66 bits per heavy atom. The quantitative estimate of drug-likeness (QED) is 0.121. The maximum atomic E-state index is 13.1. The highest BCUT2D eigenvalue weighted by atomic mass is 35.5. The number of urea groups is 2. The van der Waals surface area contributed by atoms with E-state index in [2.05, 4.69) is 68.3 Å². The molecule has 65 heavy (non-hydrogen) atoms. The van der Waals surface area contributed by atoms with Crippen LogP contribution in [0.4, 0.5) is 44.2 Å². The smallest absolute Gasteiger partial charge is 0.423 e. The van der Waals surface area contributed by atoms with E-state index in [1.807, 2.05) is 37.4 Å². The van der Waals surface area contributed by atoms with Gasteiger partial charge in [0.2, 0.25) is 0 Å². The van der Waals surface area contributed by atoms with Crippen molar-refractivity contribution in [2.75, 3.05) is 56.4 Å². The lowest BCUT2D eigenvalue weighted by molar-refractivity contribution is 0.254. The van der Waals surface area contributed by atoms with E-state index in [1.54, 1.807) is 46.6 Å². The number of amides is 4. The third-order valence-corrected chi connectivity index (χ3v) is 11.1. The number of pyridine rings is 4. The van der Waals surface area contributed by atoms with Gasteiger partial charge in [-0.1, -0.05) is 38.9 Å². The zero-order valence-corrected chi connectivity index (χ0v) is 37.8. The molecule has 10 heterocycles. The van der Waals surface area contributed by atoms with Gasteiger partial charge in [0.1, 0.15) is 5.15 Å². The van der Waals surface area contributed by atoms with Gasteiger partial charge in [-0.3, -0.25) is 40.4 Å². The Morgan fingerprint density at radius 1 is 0.677 bits per heavy atom. The number of aryl methyl sites for hydroxylation is 2. The highest BCUT2D eigenvalue weighted by Crippen LogP contribution is 2.41. The number of hydrogen-bond donors (Lipinski definition) is 4. The molecule has 10 rings (SSSR count). The van der Waals surface area contributed by atoms with E-state index >= 15 is 0 Å². The first kappa shape index (κ1) is 49.9. The number of nitrogens with one attached hydrogen (secondary N) is 2. The van der Waals surface area contributed by atoms with Crippen molar-refractivity contribution >= 4 is 97.9 Å². The van der Waals surface area contributed by atoms with Crippen molar-refractivity contribution in [3.05, 3.63) is 115 Å². The summed E-state index contributed by atoms with van der Waals surface area (Å²) in [7, 11) is -1.41. The topological polar surface area (TPSA) is 215 Å². The molecule has 0 aromatic carbocycles. The predicted octanol–water partition coefficient (Wildman–Crippen LogP) is 5.47. The number of anilines is 6. The third kappa shape index (κ3) is 11.4. The Balaban J connectivity index is 0.000000196. The summed E-state index contributed by atoms with van der Waals surface area (Å²) >= 11 is 6.01. The normalized spacial score (nSPS) is 15.8. The molecule has 4 aliphatic rings. The fourth-order valence-corrected chi connectivity index (χ4v) is 7.87. The number of aromatic nitrogens is 8. The summed E-state index contributed by atoms with van der Waals surface area (Å²) in [6.07, 6.45) is 16.2. The first-order valence-electron chi connectivity index (χ1n) is 20.3. The van der Waals surface area contributed by atoms with Gasteiger partial charge in [0.15, 0.2) is 23.3 Å². The van der Waals surface area contributed by atoms with E-state index in [1.165, 1.54) is 24.8 Å². The van der Waals surface area contributed by atoms with Crippen molar-refractivity contribution in [1.82, 2.24) is 39.9 Å². The van der Waals surface area contributed by atoms with Gasteiger partial charge in [0.25, 0.3) is 0 Å². The summed E-state index contributed by atoms with van der Waals surface area (Å²) in [6.45, 7) is 7.53. The number of rotatable bonds is 6. The molecule has 2 fully saturated rings. The van der Waals surface area contributed by atoms with E-state index in [9.17, 15) is 9.59 Å². The van der Waals surface area contributed by atoms with Crippen LogP contribution < -0.4 is 35.7 Å². The Hall–Kier alpha value is -6.13. The third-order valence-electron chi connectivity index (χ3n) is 10.9. The molecule has 4 bridgehead atoms. The van der Waals surface area contributed by atoms with Crippen LogP contribution in [0.1, 0.15) is 45.5 Å². The number of halogens is 1. The van der Waals surface area contributed by atoms with Crippen LogP contribution in [0.2, 0.25) is 5.15 Å². The highest BCUT2D eigenvalue weighted by molar-refractivity contribution is 7.59. The van der Waals surface area contributed by atoms with Gasteiger partial charge in [-0.25, -0.2) is 29.5 Å². The lowest BCUT2D eigenvalue weighted by Crippen LogP contribution is -2.48. The monoisotopic (exact) mass is 938 g/mol. The summed E-state index contributed by atoms with van der Waals surface area (Å²) in [5.41, 5.74) is 6.09. The molecule has 2 saturated heterocycles. The van der Waals surface area contributed by atoms with Crippen molar-refractivity contribution < 1.29 is 19.6 Å². The van der Waals surface area contributed by atoms with E-state index in [-0.39, 0.29) is 58.6 Å². The lowest BCUT2D eigenvalue weighted by Gasteiger charge is -2.35. The van der Waals surface area contributed by atoms with Crippen LogP contribution in [0.5, 0.6) is 0 Å². The van der Waals surface area contributed by atoms with Gasteiger partial charge in [0, 0.05) is 85.8 Å². The Kier molecular flexibility index (Phi) is 17.4. The second kappa shape index (κ2) is 22.7. The fourth-order valence-electron chi connectivity index (χ4n) is 7.73. The molecule has 0 radical (unpaired) electrons. The van der Waals surface area contributed by atoms with Crippen LogP contribution in [-0.2, 0) is 12.8 Å². The van der Waals surface area contributed by atoms with Gasteiger partial charge in [-0.2, -0.15) is 27.0 Å². The lowest BCUT2D eigenvalue weighted by atomic mass is 9.82. The van der Waals surface area contributed by atoms with E-state index in [0.717, 1.165) is 85.9 Å². The molecule has 0 saturated carbocycles. The molecule has 2 atom stereocenters. The van der Waals surface area contributed by atoms with Gasteiger partial charge >= 0.3 is 19.2 Å². The van der Waals surface area contributed by atoms with Crippen LogP contribution >= 0.6 is 38.6 Å². The maximum absolute atomic E-state index is 13.1. The largest absolute Gasteiger partial charge is 0.490 e. The molecular weight excluding hydrogens is 887 g/mol. The van der Waals surface area contributed by atoms with Crippen LogP contribution in [-0.4, -0.2) is 107 Å². The number of fused-ring (bicyclic) bond motifs is 8. The molecular formula is C43H52BClN14O4S2. The Labute approximate surface area is 397 Å². The number of nitrogens with zero attached hydrogens (tertiary/aromatic N) is 12. The van der Waals surface area contributed by atoms with Crippen LogP contribution in [0.3, 0.4) is 0 Å². The number of carbonyl (C=O) groups excluding carboxylic acids is 2. The summed E-state index contributed by atoms with van der Waals surface area (Å²) < 4.78 is 0. The molecule has 0 unspecified atom stereocenters. The molecule has 4 N–H and O–H groups in total. The molecule has 0 spiro atoms. The summed E-state index contributed by atoms with van der Waals surface area (Å²) in [6, 6.07) is 14.9. The molecule has 340 valence electrons. The highest BCUT2D eigenvalue weighted by Gasteiger charge is 2.41. The zero-order valence-electron chi connectivity index (χ0n) is 35.1. The molecule has 18 nitrogen and oxygen atoms in total. The maximum Gasteiger partial charge on any atom is 0.490 e. The van der Waals surface area contributed by atoms with E-state index < -0.39 is 7.12 Å². The molecule has 6 aromatic heterocycles. The van der Waals surface area contributed by atoms with Gasteiger partial charge in [0.05, 0.1) is 41.5 Å². The molecule has 22 heteroatoms. The van der Waals surface area contributed by atoms with Crippen molar-refractivity contribution in [3.8, 4) is 11.3 Å². The molecule has 0 aliphatic carbocycles. The SMILES string of the molecule is C.CCc1ccc(-c2ccc3c(n2)N(C(=O)Nc2cnccn2)[C@H]2CCN3C2)cn1.CCc1ccc(B(O)O)cn1.O=C(Nc1cnccn1)N1c2nc(Cl)ccc2N2CC[C@H]1C2.S.S. The summed E-state index contributed by atoms with van der Waals surface area (Å²) in [5.74, 6) is 2.12. The van der Waals surface area contributed by atoms with Crippen LogP contribution in [0.25, 0.3) is 11.3 Å². The molecule has 4 amide bonds. The predicted molar refractivity (Wildman–Crippen MR) is 265 cm³/mol. The van der Waals surface area contributed by atoms with Gasteiger partial charge in [-0.15, -0.1) is 0 Å². The second-order valence-electron chi connectivity index (χ2n) is 14.8. The first-order chi connectivity index (χ1) is 30.2. The minimum absolute atomic E-state index is 0. The minimum atomic E-state index is -1.41. The summed E-state index contributed by atoms with van der Waals surface area (Å²) in [4.78, 5) is 67.7. The van der Waals surface area contributed by atoms with Crippen molar-refractivity contribution in [2.24, 2.45) is 0 Å². The van der Waals surface area contributed by atoms with E-state index in [4.69, 9.17) is 26.6 Å². The first-order valence-corrected chi connectivity index (χ1v) is 20.7. The Morgan fingerprint density at radius 2 is 1.20 bits per heavy atom. The fraction of sp³-hybridized carbons (Fsp3) is 0.302. The standard InChI is InChI=1S/C21H21N7O.C14H13ClN6O.C7H10BNO2.CH4.2H2S/c1-2-15-4-3-14(11-24-15)17-5-6-18-20(25-17)28(16-7-10-27(18)13-16)21(29)26-19-12-22-8-9-23-19;15-11-2-1-10-13(18-11)21(9-3-6-20(10)8-9)14(22)19-12-7-16-4-5-17-12;1-2-7-4-3-6(5-9-7)8(10)11;;;/h3-6,8-9,11-12,16H,2,7,10,13H2,1H3,(H,23,26,29);1-2,4-5,7,9H,3,6,8H2,(H,17,19,22);3-5,10-11H,2H2,1H3;1H4;2*1H2/t16-;9-;;;;/m00..../s1. The van der Waals surface area contributed by atoms with E-state index in [0.29, 0.717) is 33.9 Å². The average Bonchev–Trinajstić information content (AvgIpc) is 3.92. The average molecular weight is 939 g/mol. The number of carbonyl (C=O) groups is 2. The van der Waals surface area contributed by atoms with Crippen molar-refractivity contribution in [3.63, 3.8) is 0 Å². The van der Waals surface area contributed by atoms with Crippen molar-refractivity contribution in [1.29, 1.82) is 0 Å². The van der Waals surface area contributed by atoms with Gasteiger partial charge in [-0.05, 0) is 68.1 Å². The van der Waals surface area contributed by atoms with Crippen LogP contribution in [0.15, 0.2) is 98.1 Å². The Bertz CT molecular complexity index is 2510. The minimum Gasteiger partial charge on any atom is -0.423 e. The van der Waals surface area contributed by atoms with Crippen LogP contribution in [0, 0.1) is 0 Å². The number of hydrogen-bond acceptors (Lipinski definition) is 14.